The molecule has 2 aromatic rings. The summed E-state index contributed by atoms with van der Waals surface area (Å²) < 4.78 is 14.9. The average molecular weight is 233 g/mol. The van der Waals surface area contributed by atoms with Gasteiger partial charge in [-0.1, -0.05) is 0 Å². The van der Waals surface area contributed by atoms with Crippen molar-refractivity contribution in [2.75, 3.05) is 7.05 Å². The fourth-order valence-corrected chi connectivity index (χ4v) is 1.98. The Balaban J connectivity index is 2.51. The van der Waals surface area contributed by atoms with E-state index in [1.807, 2.05) is 27.2 Å². The van der Waals surface area contributed by atoms with Gasteiger partial charge in [0.05, 0.1) is 5.69 Å². The lowest BCUT2D eigenvalue weighted by molar-refractivity contribution is 0.627. The van der Waals surface area contributed by atoms with E-state index in [0.29, 0.717) is 0 Å². The number of aryl methyl sites for hydroxylation is 2. The third-order valence-corrected chi connectivity index (χ3v) is 2.72. The van der Waals surface area contributed by atoms with Gasteiger partial charge < -0.3 is 5.32 Å². The number of nitrogens with zero attached hydrogens (tertiary/aromatic N) is 2. The molecule has 0 amide bonds. The average Bonchev–Trinajstić information content (AvgIpc) is 2.60. The summed E-state index contributed by atoms with van der Waals surface area (Å²) in [6.45, 7) is 2.65. The van der Waals surface area contributed by atoms with E-state index >= 15 is 0 Å². The third-order valence-electron chi connectivity index (χ3n) is 2.72. The number of rotatable bonds is 3. The Kier molecular flexibility index (Phi) is 3.24. The number of nitrogens with one attached hydrogen (secondary N) is 1. The van der Waals surface area contributed by atoms with Crippen LogP contribution >= 0.6 is 0 Å². The molecule has 0 aliphatic rings. The molecular formula is C13H16FN3. The van der Waals surface area contributed by atoms with Crippen LogP contribution < -0.4 is 5.32 Å². The van der Waals surface area contributed by atoms with Crippen LogP contribution in [0.2, 0.25) is 0 Å². The maximum atomic E-state index is 13.1. The Bertz CT molecular complexity index is 531. The quantitative estimate of drug-likeness (QED) is 0.881. The fourth-order valence-electron chi connectivity index (χ4n) is 1.98. The van der Waals surface area contributed by atoms with E-state index in [1.54, 1.807) is 10.7 Å². The van der Waals surface area contributed by atoms with Crippen molar-refractivity contribution in [3.8, 4) is 11.3 Å². The Hall–Kier alpha value is -1.68. The standard InChI is InChI=1S/C13H16FN3/c1-9-6-11(14)4-5-12(9)13-10(7-15-2)8-17(3)16-13/h4-6,8,15H,7H2,1-3H3. The zero-order valence-corrected chi connectivity index (χ0v) is 10.3. The third kappa shape index (κ3) is 2.36. The van der Waals surface area contributed by atoms with Gasteiger partial charge in [-0.25, -0.2) is 4.39 Å². The second kappa shape index (κ2) is 4.67. The predicted molar refractivity (Wildman–Crippen MR) is 66.1 cm³/mol. The molecule has 0 aliphatic carbocycles. The molecule has 90 valence electrons. The molecule has 0 fully saturated rings. The second-order valence-electron chi connectivity index (χ2n) is 4.17. The number of benzene rings is 1. The highest BCUT2D eigenvalue weighted by Crippen LogP contribution is 2.25. The summed E-state index contributed by atoms with van der Waals surface area (Å²) in [6, 6.07) is 4.79. The highest BCUT2D eigenvalue weighted by atomic mass is 19.1. The molecule has 17 heavy (non-hydrogen) atoms. The summed E-state index contributed by atoms with van der Waals surface area (Å²) in [5.74, 6) is -0.211. The summed E-state index contributed by atoms with van der Waals surface area (Å²) in [6.07, 6.45) is 1.98. The lowest BCUT2D eigenvalue weighted by atomic mass is 10.0. The normalized spacial score (nSPS) is 10.8. The van der Waals surface area contributed by atoms with Gasteiger partial charge in [-0.3, -0.25) is 4.68 Å². The van der Waals surface area contributed by atoms with Gasteiger partial charge in [-0.2, -0.15) is 5.10 Å². The van der Waals surface area contributed by atoms with Crippen LogP contribution in [0.15, 0.2) is 24.4 Å². The van der Waals surface area contributed by atoms with Gasteiger partial charge in [0.1, 0.15) is 5.82 Å². The number of aromatic nitrogens is 2. The lowest BCUT2D eigenvalue weighted by Crippen LogP contribution is -2.05. The molecule has 0 spiro atoms. The monoisotopic (exact) mass is 233 g/mol. The van der Waals surface area contributed by atoms with Crippen molar-refractivity contribution >= 4 is 0 Å². The van der Waals surface area contributed by atoms with E-state index in [1.165, 1.54) is 12.1 Å². The van der Waals surface area contributed by atoms with E-state index in [2.05, 4.69) is 10.4 Å². The maximum absolute atomic E-state index is 13.1. The van der Waals surface area contributed by atoms with Crippen LogP contribution in [0, 0.1) is 12.7 Å². The Morgan fingerprint density at radius 2 is 2.18 bits per heavy atom. The molecule has 0 unspecified atom stereocenters. The van der Waals surface area contributed by atoms with Gasteiger partial charge in [-0.15, -0.1) is 0 Å². The molecule has 0 atom stereocenters. The van der Waals surface area contributed by atoms with Gasteiger partial charge in [0.2, 0.25) is 0 Å². The molecule has 1 heterocycles. The van der Waals surface area contributed by atoms with Gasteiger partial charge in [0.15, 0.2) is 0 Å². The molecular weight excluding hydrogens is 217 g/mol. The van der Waals surface area contributed by atoms with Gasteiger partial charge in [-0.05, 0) is 37.7 Å². The first-order chi connectivity index (χ1) is 8.11. The number of hydrogen-bond acceptors (Lipinski definition) is 2. The molecule has 3 nitrogen and oxygen atoms in total. The Morgan fingerprint density at radius 1 is 1.41 bits per heavy atom. The molecule has 4 heteroatoms. The van der Waals surface area contributed by atoms with Gasteiger partial charge in [0.25, 0.3) is 0 Å². The molecule has 2 rings (SSSR count). The van der Waals surface area contributed by atoms with Crippen LogP contribution in [0.4, 0.5) is 4.39 Å². The molecule has 0 aliphatic heterocycles. The van der Waals surface area contributed by atoms with Crippen LogP contribution in [0.3, 0.4) is 0 Å². The SMILES string of the molecule is CNCc1cn(C)nc1-c1ccc(F)cc1C. The van der Waals surface area contributed by atoms with E-state index in [0.717, 1.165) is 28.9 Å². The van der Waals surface area contributed by atoms with Crippen molar-refractivity contribution < 1.29 is 4.39 Å². The van der Waals surface area contributed by atoms with Gasteiger partial charge >= 0.3 is 0 Å². The Labute approximate surface area is 100 Å². The number of halogens is 1. The zero-order valence-electron chi connectivity index (χ0n) is 10.3. The molecule has 1 aromatic heterocycles. The second-order valence-corrected chi connectivity index (χ2v) is 4.17. The molecule has 0 saturated heterocycles. The van der Waals surface area contributed by atoms with Crippen molar-refractivity contribution in [2.45, 2.75) is 13.5 Å². The summed E-state index contributed by atoms with van der Waals surface area (Å²) in [5.41, 5.74) is 3.92. The molecule has 0 bridgehead atoms. The molecule has 1 aromatic carbocycles. The van der Waals surface area contributed by atoms with E-state index in [4.69, 9.17) is 0 Å². The highest BCUT2D eigenvalue weighted by Gasteiger charge is 2.11. The molecule has 1 N–H and O–H groups in total. The molecule has 0 saturated carbocycles. The topological polar surface area (TPSA) is 29.9 Å². The first-order valence-corrected chi connectivity index (χ1v) is 5.55. The number of hydrogen-bond donors (Lipinski definition) is 1. The Morgan fingerprint density at radius 3 is 2.82 bits per heavy atom. The zero-order chi connectivity index (χ0) is 12.4. The minimum absolute atomic E-state index is 0.211. The summed E-state index contributed by atoms with van der Waals surface area (Å²) in [5, 5.41) is 7.56. The van der Waals surface area contributed by atoms with E-state index in [9.17, 15) is 4.39 Å². The van der Waals surface area contributed by atoms with E-state index in [-0.39, 0.29) is 5.82 Å². The predicted octanol–water partition coefficient (Wildman–Crippen LogP) is 2.25. The first-order valence-electron chi connectivity index (χ1n) is 5.55. The van der Waals surface area contributed by atoms with Crippen molar-refractivity contribution in [2.24, 2.45) is 7.05 Å². The summed E-state index contributed by atoms with van der Waals surface area (Å²) in [7, 11) is 3.79. The largest absolute Gasteiger partial charge is 0.316 e. The van der Waals surface area contributed by atoms with Gasteiger partial charge in [0, 0.05) is 30.9 Å². The maximum Gasteiger partial charge on any atom is 0.123 e. The minimum Gasteiger partial charge on any atom is -0.316 e. The van der Waals surface area contributed by atoms with Crippen molar-refractivity contribution in [1.29, 1.82) is 0 Å². The smallest absolute Gasteiger partial charge is 0.123 e. The van der Waals surface area contributed by atoms with Crippen molar-refractivity contribution in [1.82, 2.24) is 15.1 Å². The fraction of sp³-hybridized carbons (Fsp3) is 0.308. The first kappa shape index (κ1) is 11.8. The van der Waals surface area contributed by atoms with Crippen molar-refractivity contribution in [3.05, 3.63) is 41.3 Å². The van der Waals surface area contributed by atoms with Crippen molar-refractivity contribution in [3.63, 3.8) is 0 Å². The van der Waals surface area contributed by atoms with Crippen LogP contribution in [-0.4, -0.2) is 16.8 Å². The van der Waals surface area contributed by atoms with Crippen LogP contribution in [0.25, 0.3) is 11.3 Å². The summed E-state index contributed by atoms with van der Waals surface area (Å²) >= 11 is 0. The van der Waals surface area contributed by atoms with Crippen LogP contribution in [0.5, 0.6) is 0 Å². The minimum atomic E-state index is -0.211. The van der Waals surface area contributed by atoms with Crippen LogP contribution in [-0.2, 0) is 13.6 Å². The highest BCUT2D eigenvalue weighted by molar-refractivity contribution is 5.66. The lowest BCUT2D eigenvalue weighted by Gasteiger charge is -2.05. The summed E-state index contributed by atoms with van der Waals surface area (Å²) in [4.78, 5) is 0. The van der Waals surface area contributed by atoms with E-state index < -0.39 is 0 Å². The molecule has 0 radical (unpaired) electrons. The van der Waals surface area contributed by atoms with Crippen LogP contribution in [0.1, 0.15) is 11.1 Å².